The third-order valence-corrected chi connectivity index (χ3v) is 3.70. The van der Waals surface area contributed by atoms with E-state index in [4.69, 9.17) is 9.47 Å². The summed E-state index contributed by atoms with van der Waals surface area (Å²) < 4.78 is 13.0. The Balaban J connectivity index is 1.57. The highest BCUT2D eigenvalue weighted by Crippen LogP contribution is 2.17. The molecule has 0 spiro atoms. The summed E-state index contributed by atoms with van der Waals surface area (Å²) in [7, 11) is 0. The molecular formula is C15H18N4O4. The Kier molecular flexibility index (Phi) is 4.82. The molecule has 8 heteroatoms. The van der Waals surface area contributed by atoms with Crippen LogP contribution in [0.1, 0.15) is 25.3 Å². The predicted molar refractivity (Wildman–Crippen MR) is 80.1 cm³/mol. The molecule has 0 amide bonds. The van der Waals surface area contributed by atoms with E-state index < -0.39 is 5.97 Å². The lowest BCUT2D eigenvalue weighted by Gasteiger charge is -2.20. The Labute approximate surface area is 132 Å². The van der Waals surface area contributed by atoms with Crippen LogP contribution in [-0.2, 0) is 16.1 Å². The van der Waals surface area contributed by atoms with Crippen molar-refractivity contribution in [2.24, 2.45) is 0 Å². The quantitative estimate of drug-likeness (QED) is 0.598. The molecule has 2 aromatic rings. The number of ether oxygens (including phenoxy) is 2. The number of esters is 1. The highest BCUT2D eigenvalue weighted by Gasteiger charge is 2.20. The summed E-state index contributed by atoms with van der Waals surface area (Å²) in [5.74, 6) is 0.0689. The van der Waals surface area contributed by atoms with Crippen LogP contribution in [0, 0.1) is 0 Å². The van der Waals surface area contributed by atoms with Crippen molar-refractivity contribution in [1.82, 2.24) is 19.8 Å². The fourth-order valence-corrected chi connectivity index (χ4v) is 2.45. The van der Waals surface area contributed by atoms with Gasteiger partial charge in [0.15, 0.2) is 0 Å². The third kappa shape index (κ3) is 3.84. The van der Waals surface area contributed by atoms with Crippen LogP contribution in [0.25, 0.3) is 0 Å². The largest absolute Gasteiger partial charge is 0.426 e. The van der Waals surface area contributed by atoms with Crippen LogP contribution in [0.5, 0.6) is 5.75 Å². The van der Waals surface area contributed by atoms with Gasteiger partial charge in [-0.3, -0.25) is 4.79 Å². The van der Waals surface area contributed by atoms with Crippen LogP contribution < -0.4 is 10.4 Å². The van der Waals surface area contributed by atoms with Gasteiger partial charge in [-0.05, 0) is 35.4 Å². The molecule has 0 unspecified atom stereocenters. The Bertz CT molecular complexity index is 704. The van der Waals surface area contributed by atoms with Gasteiger partial charge in [-0.1, -0.05) is 18.2 Å². The predicted octanol–water partition coefficient (Wildman–Crippen LogP) is 0.787. The lowest BCUT2D eigenvalue weighted by molar-refractivity contribution is -0.134. The molecule has 3 rings (SSSR count). The van der Waals surface area contributed by atoms with Crippen LogP contribution >= 0.6 is 0 Å². The van der Waals surface area contributed by atoms with Crippen molar-refractivity contribution >= 4 is 5.97 Å². The molecule has 1 aromatic carbocycles. The van der Waals surface area contributed by atoms with Gasteiger partial charge in [0.1, 0.15) is 5.75 Å². The summed E-state index contributed by atoms with van der Waals surface area (Å²) in [5, 5.41) is 7.75. The fraction of sp³-hybridized carbons (Fsp3) is 0.467. The molecule has 8 nitrogen and oxygen atoms in total. The normalized spacial score (nSPS) is 15.5. The number of tetrazole rings is 1. The fourth-order valence-electron chi connectivity index (χ4n) is 2.45. The van der Waals surface area contributed by atoms with E-state index in [0.29, 0.717) is 19.0 Å². The third-order valence-electron chi connectivity index (χ3n) is 3.70. The number of rotatable bonds is 5. The number of carbonyl (C=O) groups excluding carboxylic acids is 1. The van der Waals surface area contributed by atoms with E-state index in [1.54, 1.807) is 24.3 Å². The Morgan fingerprint density at radius 1 is 1.22 bits per heavy atom. The van der Waals surface area contributed by atoms with Crippen LogP contribution in [0.2, 0.25) is 0 Å². The van der Waals surface area contributed by atoms with Gasteiger partial charge in [0.25, 0.3) is 0 Å². The lowest BCUT2D eigenvalue weighted by Crippen LogP contribution is -2.32. The molecule has 0 saturated carbocycles. The van der Waals surface area contributed by atoms with Gasteiger partial charge in [-0.15, -0.1) is 0 Å². The van der Waals surface area contributed by atoms with E-state index in [2.05, 4.69) is 10.4 Å². The van der Waals surface area contributed by atoms with Crippen molar-refractivity contribution in [2.45, 2.75) is 31.8 Å². The monoisotopic (exact) mass is 318 g/mol. The zero-order valence-electron chi connectivity index (χ0n) is 12.6. The Morgan fingerprint density at radius 3 is 2.70 bits per heavy atom. The van der Waals surface area contributed by atoms with Gasteiger partial charge >= 0.3 is 11.7 Å². The highest BCUT2D eigenvalue weighted by atomic mass is 16.5. The molecule has 1 aromatic heterocycles. The first-order valence-corrected chi connectivity index (χ1v) is 7.60. The summed E-state index contributed by atoms with van der Waals surface area (Å²) in [6, 6.07) is 8.82. The summed E-state index contributed by atoms with van der Waals surface area (Å²) in [4.78, 5) is 24.0. The Hall–Kier alpha value is -2.48. The average Bonchev–Trinajstić information content (AvgIpc) is 2.95. The topological polar surface area (TPSA) is 88.2 Å². The van der Waals surface area contributed by atoms with Crippen molar-refractivity contribution in [3.8, 4) is 5.75 Å². The van der Waals surface area contributed by atoms with Crippen molar-refractivity contribution in [1.29, 1.82) is 0 Å². The molecule has 23 heavy (non-hydrogen) atoms. The first kappa shape index (κ1) is 15.4. The van der Waals surface area contributed by atoms with Crippen LogP contribution in [0.4, 0.5) is 0 Å². The lowest BCUT2D eigenvalue weighted by atomic mass is 10.1. The van der Waals surface area contributed by atoms with E-state index in [1.807, 2.05) is 6.07 Å². The summed E-state index contributed by atoms with van der Waals surface area (Å²) >= 11 is 0. The van der Waals surface area contributed by atoms with Crippen molar-refractivity contribution < 1.29 is 14.3 Å². The summed E-state index contributed by atoms with van der Waals surface area (Å²) in [5.41, 5.74) is -0.301. The zero-order chi connectivity index (χ0) is 16.1. The van der Waals surface area contributed by atoms with Gasteiger partial charge in [-0.2, -0.15) is 9.36 Å². The Morgan fingerprint density at radius 2 is 1.96 bits per heavy atom. The molecule has 0 bridgehead atoms. The SMILES string of the molecule is O=C(CCn1nnn(C2CCOCC2)c1=O)Oc1ccccc1. The second-order valence-electron chi connectivity index (χ2n) is 5.31. The van der Waals surface area contributed by atoms with Gasteiger partial charge in [0.05, 0.1) is 19.0 Å². The van der Waals surface area contributed by atoms with E-state index in [0.717, 1.165) is 12.8 Å². The van der Waals surface area contributed by atoms with Crippen LogP contribution in [0.15, 0.2) is 35.1 Å². The molecule has 1 fully saturated rings. The average molecular weight is 318 g/mol. The van der Waals surface area contributed by atoms with Crippen molar-refractivity contribution in [3.63, 3.8) is 0 Å². The summed E-state index contributed by atoms with van der Waals surface area (Å²) in [6.07, 6.45) is 1.55. The maximum absolute atomic E-state index is 12.2. The molecule has 1 saturated heterocycles. The number of nitrogens with zero attached hydrogens (tertiary/aromatic N) is 4. The minimum Gasteiger partial charge on any atom is -0.426 e. The maximum atomic E-state index is 12.2. The van der Waals surface area contributed by atoms with Crippen LogP contribution in [0.3, 0.4) is 0 Å². The van der Waals surface area contributed by atoms with E-state index in [1.165, 1.54) is 9.36 Å². The highest BCUT2D eigenvalue weighted by molar-refractivity contribution is 5.72. The number of para-hydroxylation sites is 1. The molecular weight excluding hydrogens is 300 g/mol. The first-order chi connectivity index (χ1) is 11.2. The van der Waals surface area contributed by atoms with Gasteiger partial charge in [-0.25, -0.2) is 4.79 Å². The van der Waals surface area contributed by atoms with Gasteiger partial charge < -0.3 is 9.47 Å². The number of aryl methyl sites for hydroxylation is 1. The molecule has 0 radical (unpaired) electrons. The van der Waals surface area contributed by atoms with Gasteiger partial charge in [0, 0.05) is 13.2 Å². The van der Waals surface area contributed by atoms with E-state index in [-0.39, 0.29) is 24.7 Å². The zero-order valence-corrected chi connectivity index (χ0v) is 12.6. The molecule has 2 heterocycles. The molecule has 1 aliphatic heterocycles. The minimum atomic E-state index is -0.413. The second-order valence-corrected chi connectivity index (χ2v) is 5.31. The standard InChI is InChI=1S/C15H18N4O4/c20-14(23-13-4-2-1-3-5-13)6-9-18-15(21)19(17-16-18)12-7-10-22-11-8-12/h1-5,12H,6-11H2. The molecule has 0 aliphatic carbocycles. The first-order valence-electron chi connectivity index (χ1n) is 7.60. The number of benzene rings is 1. The number of hydrogen-bond donors (Lipinski definition) is 0. The second kappa shape index (κ2) is 7.19. The van der Waals surface area contributed by atoms with E-state index in [9.17, 15) is 9.59 Å². The smallest absolute Gasteiger partial charge is 0.363 e. The van der Waals surface area contributed by atoms with E-state index >= 15 is 0 Å². The molecule has 0 N–H and O–H groups in total. The molecule has 1 aliphatic rings. The number of hydrogen-bond acceptors (Lipinski definition) is 6. The van der Waals surface area contributed by atoms with Crippen LogP contribution in [-0.4, -0.2) is 39.0 Å². The molecule has 122 valence electrons. The van der Waals surface area contributed by atoms with Crippen molar-refractivity contribution in [2.75, 3.05) is 13.2 Å². The number of aromatic nitrogens is 4. The maximum Gasteiger partial charge on any atom is 0.363 e. The minimum absolute atomic E-state index is 0.0151. The number of carbonyl (C=O) groups is 1. The van der Waals surface area contributed by atoms with Gasteiger partial charge in [0.2, 0.25) is 0 Å². The van der Waals surface area contributed by atoms with Crippen molar-refractivity contribution in [3.05, 3.63) is 40.8 Å². The summed E-state index contributed by atoms with van der Waals surface area (Å²) in [6.45, 7) is 1.38. The molecule has 0 atom stereocenters.